The predicted molar refractivity (Wildman–Crippen MR) is 129 cm³/mol. The van der Waals surface area contributed by atoms with Gasteiger partial charge < -0.3 is 5.32 Å². The lowest BCUT2D eigenvalue weighted by atomic mass is 9.98. The molecule has 35 heavy (non-hydrogen) atoms. The molecule has 0 amide bonds. The van der Waals surface area contributed by atoms with Crippen LogP contribution in [0.3, 0.4) is 0 Å². The maximum absolute atomic E-state index is 15.3. The average Bonchev–Trinajstić information content (AvgIpc) is 3.51. The monoisotopic (exact) mass is 491 g/mol. The molecule has 6 rings (SSSR count). The Hall–Kier alpha value is -3.83. The minimum absolute atomic E-state index is 0.374. The van der Waals surface area contributed by atoms with Crippen molar-refractivity contribution in [3.63, 3.8) is 0 Å². The van der Waals surface area contributed by atoms with Crippen molar-refractivity contribution in [2.75, 3.05) is 0 Å². The summed E-state index contributed by atoms with van der Waals surface area (Å²) in [7, 11) is -1.87. The van der Waals surface area contributed by atoms with Crippen molar-refractivity contribution >= 4 is 21.1 Å². The molecule has 0 saturated heterocycles. The van der Waals surface area contributed by atoms with Gasteiger partial charge in [-0.3, -0.25) is 9.25 Å². The molecule has 1 saturated carbocycles. The highest BCUT2D eigenvalue weighted by Crippen LogP contribution is 2.36. The van der Waals surface area contributed by atoms with Crippen molar-refractivity contribution in [2.45, 2.75) is 23.8 Å². The maximum Gasteiger partial charge on any atom is 0.217 e. The number of nitrogens with zero attached hydrogens (tertiary/aromatic N) is 5. The summed E-state index contributed by atoms with van der Waals surface area (Å²) in [5, 5.41) is 6.61. The van der Waals surface area contributed by atoms with Crippen LogP contribution in [-0.4, -0.2) is 38.0 Å². The van der Waals surface area contributed by atoms with Gasteiger partial charge in [-0.15, -0.1) is 0 Å². The lowest BCUT2D eigenvalue weighted by Crippen LogP contribution is -2.56. The number of pyridine rings is 1. The molecule has 1 fully saturated rings. The van der Waals surface area contributed by atoms with E-state index in [2.05, 4.69) is 25.1 Å². The molecule has 11 heteroatoms. The first-order chi connectivity index (χ1) is 16.9. The Kier molecular flexibility index (Phi) is 4.87. The number of dihydropyridines is 1. The number of allylic oxidation sites excluding steroid dienone is 2. The van der Waals surface area contributed by atoms with E-state index in [4.69, 9.17) is 0 Å². The van der Waals surface area contributed by atoms with E-state index in [0.29, 0.717) is 24.2 Å². The van der Waals surface area contributed by atoms with E-state index in [1.165, 1.54) is 24.5 Å². The Bertz CT molecular complexity index is 1620. The Morgan fingerprint density at radius 2 is 2.03 bits per heavy atom. The van der Waals surface area contributed by atoms with E-state index in [-0.39, 0.29) is 0 Å². The molecule has 178 valence electrons. The van der Waals surface area contributed by atoms with E-state index in [9.17, 15) is 8.42 Å². The molecule has 9 nitrogen and oxygen atoms in total. The zero-order valence-electron chi connectivity index (χ0n) is 18.8. The highest BCUT2D eigenvalue weighted by Gasteiger charge is 2.46. The van der Waals surface area contributed by atoms with Gasteiger partial charge in [-0.2, -0.15) is 9.82 Å². The quantitative estimate of drug-likeness (QED) is 0.430. The largest absolute Gasteiger partial charge is 0.363 e. The van der Waals surface area contributed by atoms with Crippen LogP contribution < -0.4 is 10.0 Å². The zero-order valence-corrected chi connectivity index (χ0v) is 19.6. The summed E-state index contributed by atoms with van der Waals surface area (Å²) in [4.78, 5) is 8.98. The second-order valence-electron chi connectivity index (χ2n) is 8.74. The Morgan fingerprint density at radius 3 is 2.77 bits per heavy atom. The van der Waals surface area contributed by atoms with Crippen LogP contribution in [0, 0.1) is 0 Å². The number of benzene rings is 1. The van der Waals surface area contributed by atoms with Crippen LogP contribution in [0.25, 0.3) is 28.0 Å². The molecule has 2 N–H and O–H groups in total. The normalized spacial score (nSPS) is 20.1. The molecule has 1 aromatic carbocycles. The first-order valence-electron chi connectivity index (χ1n) is 11.1. The van der Waals surface area contributed by atoms with Gasteiger partial charge in [0.2, 0.25) is 10.0 Å². The molecule has 1 aliphatic carbocycles. The zero-order chi connectivity index (χ0) is 24.2. The number of aromatic nitrogens is 5. The van der Waals surface area contributed by atoms with Crippen LogP contribution in [-0.2, 0) is 22.7 Å². The van der Waals surface area contributed by atoms with Gasteiger partial charge in [0.25, 0.3) is 0 Å². The van der Waals surface area contributed by atoms with Crippen LogP contribution in [0.4, 0.5) is 4.39 Å². The Morgan fingerprint density at radius 1 is 1.17 bits per heavy atom. The van der Waals surface area contributed by atoms with E-state index < -0.39 is 26.8 Å². The summed E-state index contributed by atoms with van der Waals surface area (Å²) >= 11 is 0. The van der Waals surface area contributed by atoms with Gasteiger partial charge in [0, 0.05) is 30.6 Å². The number of aryl methyl sites for hydroxylation is 1. The SMILES string of the molecule is Cn1cc(-c2ccc3c(c2)ncn3-c2cc(C3(NS(=O)(=O)C4CC4)NC=CC=C3F)ccn2)cn1. The molecule has 1 atom stereocenters. The van der Waals surface area contributed by atoms with E-state index >= 15 is 4.39 Å². The number of hydrogen-bond acceptors (Lipinski definition) is 6. The van der Waals surface area contributed by atoms with Gasteiger partial charge in [-0.05, 0) is 61.0 Å². The van der Waals surface area contributed by atoms with E-state index in [0.717, 1.165) is 22.2 Å². The van der Waals surface area contributed by atoms with Crippen molar-refractivity contribution in [1.82, 2.24) is 34.4 Å². The van der Waals surface area contributed by atoms with Gasteiger partial charge in [0.15, 0.2) is 5.66 Å². The molecule has 3 aromatic heterocycles. The molecule has 2 aliphatic rings. The number of sulfonamides is 1. The molecule has 4 heterocycles. The van der Waals surface area contributed by atoms with Gasteiger partial charge in [-0.1, -0.05) is 6.07 Å². The molecule has 0 spiro atoms. The van der Waals surface area contributed by atoms with Crippen LogP contribution in [0.15, 0.2) is 79.4 Å². The smallest absolute Gasteiger partial charge is 0.217 e. The van der Waals surface area contributed by atoms with Crippen molar-refractivity contribution < 1.29 is 12.8 Å². The number of halogens is 1. The summed E-state index contributed by atoms with van der Waals surface area (Å²) in [6, 6.07) is 9.13. The molecule has 4 aromatic rings. The molecule has 1 unspecified atom stereocenters. The third-order valence-corrected chi connectivity index (χ3v) is 8.21. The number of imidazole rings is 1. The summed E-state index contributed by atoms with van der Waals surface area (Å²) < 4.78 is 47.1. The highest BCUT2D eigenvalue weighted by molar-refractivity contribution is 7.90. The second-order valence-corrected chi connectivity index (χ2v) is 10.7. The molecule has 0 radical (unpaired) electrons. The molecule has 1 aliphatic heterocycles. The Labute approximate surface area is 201 Å². The fourth-order valence-electron chi connectivity index (χ4n) is 4.26. The molecular weight excluding hydrogens is 469 g/mol. The van der Waals surface area contributed by atoms with Crippen LogP contribution in [0.5, 0.6) is 0 Å². The standard InChI is InChI=1S/C24H22FN7O2S/c1-31-14-17(13-29-31)16-4-7-21-20(11-16)27-15-32(21)23-12-18(8-10-26-23)24(22(25)3-2-9-28-24)30-35(33,34)19-5-6-19/h2-4,7-15,19,28,30H,5-6H2,1H3. The number of rotatable bonds is 6. The summed E-state index contributed by atoms with van der Waals surface area (Å²) in [5.74, 6) is -0.175. The van der Waals surface area contributed by atoms with Crippen molar-refractivity contribution in [3.05, 3.63) is 85.0 Å². The number of nitrogens with one attached hydrogen (secondary N) is 2. The fraction of sp³-hybridized carbons (Fsp3) is 0.208. The van der Waals surface area contributed by atoms with Crippen molar-refractivity contribution in [3.8, 4) is 16.9 Å². The summed E-state index contributed by atoms with van der Waals surface area (Å²) in [6.07, 6.45) is 12.3. The number of fused-ring (bicyclic) bond motifs is 1. The van der Waals surface area contributed by atoms with Crippen molar-refractivity contribution in [1.29, 1.82) is 0 Å². The summed E-state index contributed by atoms with van der Waals surface area (Å²) in [6.45, 7) is 0. The first-order valence-corrected chi connectivity index (χ1v) is 12.7. The predicted octanol–water partition coefficient (Wildman–Crippen LogP) is 3.03. The van der Waals surface area contributed by atoms with E-state index in [1.807, 2.05) is 31.4 Å². The minimum Gasteiger partial charge on any atom is -0.363 e. The third kappa shape index (κ3) is 3.72. The van der Waals surface area contributed by atoms with Crippen LogP contribution in [0.1, 0.15) is 18.4 Å². The lowest BCUT2D eigenvalue weighted by Gasteiger charge is -2.35. The van der Waals surface area contributed by atoms with Gasteiger partial charge in [0.1, 0.15) is 18.0 Å². The third-order valence-electron chi connectivity index (χ3n) is 6.27. The van der Waals surface area contributed by atoms with E-state index in [1.54, 1.807) is 33.9 Å². The molecule has 0 bridgehead atoms. The second kappa shape index (κ2) is 7.85. The van der Waals surface area contributed by atoms with Gasteiger partial charge in [0.05, 0.1) is 22.5 Å². The van der Waals surface area contributed by atoms with Crippen LogP contribution in [0.2, 0.25) is 0 Å². The maximum atomic E-state index is 15.3. The van der Waals surface area contributed by atoms with Crippen LogP contribution >= 0.6 is 0 Å². The topological polar surface area (TPSA) is 107 Å². The van der Waals surface area contributed by atoms with Gasteiger partial charge in [-0.25, -0.2) is 22.8 Å². The van der Waals surface area contributed by atoms with Crippen molar-refractivity contribution in [2.24, 2.45) is 7.05 Å². The lowest BCUT2D eigenvalue weighted by molar-refractivity contribution is 0.330. The minimum atomic E-state index is -3.73. The average molecular weight is 492 g/mol. The van der Waals surface area contributed by atoms with Gasteiger partial charge >= 0.3 is 0 Å². The highest BCUT2D eigenvalue weighted by atomic mass is 32.2. The first kappa shape index (κ1) is 21.7. The summed E-state index contributed by atoms with van der Waals surface area (Å²) in [5.41, 5.74) is 2.15. The Balaban J connectivity index is 1.42. The molecular formula is C24H22FN7O2S. The fourth-order valence-corrected chi connectivity index (χ4v) is 5.89. The number of hydrogen-bond donors (Lipinski definition) is 2.